The molecule has 114 valence electrons. The minimum atomic E-state index is 0.825. The Balaban J connectivity index is 2.56. The fourth-order valence-electron chi connectivity index (χ4n) is 2.16. The lowest BCUT2D eigenvalue weighted by Gasteiger charge is -2.25. The molecular formula is C18H31NO. The van der Waals surface area contributed by atoms with Crippen LogP contribution in [0.3, 0.4) is 0 Å². The maximum Gasteiger partial charge on any atom is 0.119 e. The van der Waals surface area contributed by atoms with E-state index in [0.29, 0.717) is 0 Å². The summed E-state index contributed by atoms with van der Waals surface area (Å²) >= 11 is 0. The number of benzene rings is 1. The number of ether oxygens (including phenoxy) is 1. The van der Waals surface area contributed by atoms with Gasteiger partial charge >= 0.3 is 0 Å². The van der Waals surface area contributed by atoms with Crippen molar-refractivity contribution in [1.82, 2.24) is 0 Å². The predicted molar refractivity (Wildman–Crippen MR) is 88.9 cm³/mol. The highest BCUT2D eigenvalue weighted by Crippen LogP contribution is 2.20. The number of nitrogens with zero attached hydrogens (tertiary/aromatic N) is 1. The van der Waals surface area contributed by atoms with Crippen molar-refractivity contribution < 1.29 is 4.74 Å². The Kier molecular flexibility index (Phi) is 8.93. The van der Waals surface area contributed by atoms with Gasteiger partial charge in [-0.3, -0.25) is 0 Å². The molecule has 20 heavy (non-hydrogen) atoms. The van der Waals surface area contributed by atoms with E-state index >= 15 is 0 Å². The minimum Gasteiger partial charge on any atom is -0.494 e. The van der Waals surface area contributed by atoms with Crippen LogP contribution in [0.2, 0.25) is 0 Å². The average Bonchev–Trinajstić information content (AvgIpc) is 2.49. The third-order valence-electron chi connectivity index (χ3n) is 3.53. The Morgan fingerprint density at radius 1 is 0.800 bits per heavy atom. The van der Waals surface area contributed by atoms with Crippen LogP contribution in [0, 0.1) is 0 Å². The molecular weight excluding hydrogens is 246 g/mol. The summed E-state index contributed by atoms with van der Waals surface area (Å²) in [4.78, 5) is 2.50. The third-order valence-corrected chi connectivity index (χ3v) is 3.53. The second-order valence-electron chi connectivity index (χ2n) is 5.39. The largest absolute Gasteiger partial charge is 0.494 e. The van der Waals surface area contributed by atoms with Gasteiger partial charge in [0, 0.05) is 18.8 Å². The molecule has 2 nitrogen and oxygen atoms in total. The number of hydrogen-bond donors (Lipinski definition) is 0. The van der Waals surface area contributed by atoms with E-state index in [-0.39, 0.29) is 0 Å². The van der Waals surface area contributed by atoms with Gasteiger partial charge in [0.2, 0.25) is 0 Å². The fraction of sp³-hybridized carbons (Fsp3) is 0.667. The molecule has 0 spiro atoms. The Labute approximate surface area is 125 Å². The molecule has 0 fully saturated rings. The third kappa shape index (κ3) is 6.31. The van der Waals surface area contributed by atoms with Gasteiger partial charge in [0.15, 0.2) is 0 Å². The van der Waals surface area contributed by atoms with Crippen molar-refractivity contribution in [2.75, 3.05) is 24.6 Å². The first-order valence-electron chi connectivity index (χ1n) is 8.29. The topological polar surface area (TPSA) is 12.5 Å². The van der Waals surface area contributed by atoms with Gasteiger partial charge in [-0.25, -0.2) is 0 Å². The van der Waals surface area contributed by atoms with E-state index < -0.39 is 0 Å². The lowest BCUT2D eigenvalue weighted by Crippen LogP contribution is -2.25. The molecule has 0 aromatic heterocycles. The quantitative estimate of drug-likeness (QED) is 0.511. The molecule has 1 rings (SSSR count). The van der Waals surface area contributed by atoms with E-state index in [9.17, 15) is 0 Å². The van der Waals surface area contributed by atoms with Gasteiger partial charge in [0.25, 0.3) is 0 Å². The molecule has 0 saturated heterocycles. The molecule has 2 heteroatoms. The van der Waals surface area contributed by atoms with Gasteiger partial charge in [-0.15, -0.1) is 0 Å². The van der Waals surface area contributed by atoms with Gasteiger partial charge < -0.3 is 9.64 Å². The molecule has 0 atom stereocenters. The number of rotatable bonds is 11. The summed E-state index contributed by atoms with van der Waals surface area (Å²) in [5.41, 5.74) is 1.33. The summed E-state index contributed by atoms with van der Waals surface area (Å²) in [5.74, 6) is 0.994. The molecule has 0 aliphatic rings. The smallest absolute Gasteiger partial charge is 0.119 e. The van der Waals surface area contributed by atoms with Crippen molar-refractivity contribution >= 4 is 5.69 Å². The molecule has 1 aromatic carbocycles. The number of hydrogen-bond acceptors (Lipinski definition) is 2. The summed E-state index contributed by atoms with van der Waals surface area (Å²) in [7, 11) is 0. The van der Waals surface area contributed by atoms with E-state index in [1.54, 1.807) is 0 Å². The van der Waals surface area contributed by atoms with Gasteiger partial charge in [-0.05, 0) is 43.5 Å². The highest BCUT2D eigenvalue weighted by Gasteiger charge is 2.05. The van der Waals surface area contributed by atoms with Crippen LogP contribution in [0.4, 0.5) is 5.69 Å². The summed E-state index contributed by atoms with van der Waals surface area (Å²) in [5, 5.41) is 0. The molecule has 0 radical (unpaired) electrons. The van der Waals surface area contributed by atoms with Crippen LogP contribution in [0.1, 0.15) is 59.3 Å². The maximum absolute atomic E-state index is 5.72. The minimum absolute atomic E-state index is 0.825. The first-order valence-corrected chi connectivity index (χ1v) is 8.29. The van der Waals surface area contributed by atoms with E-state index in [4.69, 9.17) is 4.74 Å². The van der Waals surface area contributed by atoms with E-state index in [1.165, 1.54) is 37.8 Å². The maximum atomic E-state index is 5.72. The van der Waals surface area contributed by atoms with Crippen molar-refractivity contribution in [2.45, 2.75) is 59.3 Å². The lowest BCUT2D eigenvalue weighted by molar-refractivity contribution is 0.309. The van der Waals surface area contributed by atoms with Crippen molar-refractivity contribution in [3.8, 4) is 5.75 Å². The molecule has 0 amide bonds. The highest BCUT2D eigenvalue weighted by molar-refractivity contribution is 5.49. The van der Waals surface area contributed by atoms with E-state index in [0.717, 1.165) is 31.9 Å². The number of unbranched alkanes of at least 4 members (excludes halogenated alkanes) is 3. The van der Waals surface area contributed by atoms with Gasteiger partial charge in [-0.1, -0.05) is 40.0 Å². The monoisotopic (exact) mass is 277 g/mol. The van der Waals surface area contributed by atoms with Gasteiger partial charge in [-0.2, -0.15) is 0 Å². The van der Waals surface area contributed by atoms with Gasteiger partial charge in [0.05, 0.1) is 6.61 Å². The van der Waals surface area contributed by atoms with Crippen LogP contribution >= 0.6 is 0 Å². The van der Waals surface area contributed by atoms with Crippen LogP contribution in [0.25, 0.3) is 0 Å². The first-order chi connectivity index (χ1) is 9.81. The second-order valence-corrected chi connectivity index (χ2v) is 5.39. The van der Waals surface area contributed by atoms with Crippen LogP contribution < -0.4 is 9.64 Å². The SMILES string of the molecule is CCCCOc1ccc(N(CCCC)CCCC)cc1. The van der Waals surface area contributed by atoms with Crippen LogP contribution in [0.5, 0.6) is 5.75 Å². The fourth-order valence-corrected chi connectivity index (χ4v) is 2.16. The molecule has 0 unspecified atom stereocenters. The normalized spacial score (nSPS) is 10.6. The Morgan fingerprint density at radius 2 is 1.35 bits per heavy atom. The zero-order valence-electron chi connectivity index (χ0n) is 13.5. The zero-order chi connectivity index (χ0) is 14.6. The van der Waals surface area contributed by atoms with Crippen molar-refractivity contribution in [3.05, 3.63) is 24.3 Å². The van der Waals surface area contributed by atoms with Crippen LogP contribution in [0.15, 0.2) is 24.3 Å². The standard InChI is InChI=1S/C18H31NO/c1-4-7-14-19(15-8-5-2)17-10-12-18(13-11-17)20-16-9-6-3/h10-13H,4-9,14-16H2,1-3H3. The summed E-state index contributed by atoms with van der Waals surface area (Å²) < 4.78 is 5.72. The van der Waals surface area contributed by atoms with Crippen LogP contribution in [-0.2, 0) is 0 Å². The van der Waals surface area contributed by atoms with Crippen LogP contribution in [-0.4, -0.2) is 19.7 Å². The van der Waals surface area contributed by atoms with Crippen molar-refractivity contribution in [2.24, 2.45) is 0 Å². The number of anilines is 1. The van der Waals surface area contributed by atoms with E-state index in [2.05, 4.69) is 49.9 Å². The Hall–Kier alpha value is -1.18. The molecule has 0 aliphatic carbocycles. The Bertz CT molecular complexity index is 326. The molecule has 0 bridgehead atoms. The first kappa shape index (κ1) is 16.9. The summed E-state index contributed by atoms with van der Waals surface area (Å²) in [6.45, 7) is 9.83. The molecule has 0 N–H and O–H groups in total. The highest BCUT2D eigenvalue weighted by atomic mass is 16.5. The zero-order valence-corrected chi connectivity index (χ0v) is 13.5. The van der Waals surface area contributed by atoms with Crippen molar-refractivity contribution in [3.63, 3.8) is 0 Å². The predicted octanol–water partition coefficient (Wildman–Crippen LogP) is 5.27. The second kappa shape index (κ2) is 10.6. The average molecular weight is 277 g/mol. The molecule has 0 saturated carbocycles. The van der Waals surface area contributed by atoms with E-state index in [1.807, 2.05) is 0 Å². The summed E-state index contributed by atoms with van der Waals surface area (Å²) in [6, 6.07) is 8.62. The molecule has 0 aliphatic heterocycles. The molecule has 1 aromatic rings. The van der Waals surface area contributed by atoms with Gasteiger partial charge in [0.1, 0.15) is 5.75 Å². The van der Waals surface area contributed by atoms with Crippen molar-refractivity contribution in [1.29, 1.82) is 0 Å². The Morgan fingerprint density at radius 3 is 1.85 bits per heavy atom. The summed E-state index contributed by atoms with van der Waals surface area (Å²) in [6.07, 6.45) is 7.33. The molecule has 0 heterocycles. The lowest BCUT2D eigenvalue weighted by atomic mass is 10.2.